The van der Waals surface area contributed by atoms with Crippen molar-refractivity contribution >= 4 is 5.91 Å². The number of halogens is 1. The maximum atomic E-state index is 14.0. The smallest absolute Gasteiger partial charge is 0.273 e. The van der Waals surface area contributed by atoms with E-state index >= 15 is 0 Å². The molecule has 25 heavy (non-hydrogen) atoms. The van der Waals surface area contributed by atoms with E-state index in [1.54, 1.807) is 12.1 Å². The predicted molar refractivity (Wildman–Crippen MR) is 94.5 cm³/mol. The normalized spacial score (nSPS) is 12.6. The van der Waals surface area contributed by atoms with Crippen molar-refractivity contribution in [2.45, 2.75) is 59.3 Å². The second-order valence-corrected chi connectivity index (χ2v) is 6.51. The first kappa shape index (κ1) is 19.1. The van der Waals surface area contributed by atoms with E-state index in [2.05, 4.69) is 29.0 Å². The predicted octanol–water partition coefficient (Wildman–Crippen LogP) is 3.75. The van der Waals surface area contributed by atoms with Gasteiger partial charge in [-0.2, -0.15) is 0 Å². The second-order valence-electron chi connectivity index (χ2n) is 6.51. The molecule has 0 radical (unpaired) electrons. The van der Waals surface area contributed by atoms with Crippen molar-refractivity contribution in [1.82, 2.24) is 15.2 Å². The van der Waals surface area contributed by atoms with Gasteiger partial charge in [-0.3, -0.25) is 9.69 Å². The Balaban J connectivity index is 2.11. The molecule has 2 rings (SSSR count). The van der Waals surface area contributed by atoms with Crippen molar-refractivity contribution in [2.75, 3.05) is 0 Å². The molecule has 6 heteroatoms. The summed E-state index contributed by atoms with van der Waals surface area (Å²) in [7, 11) is 0. The lowest BCUT2D eigenvalue weighted by Gasteiger charge is -2.27. The van der Waals surface area contributed by atoms with Crippen LogP contribution >= 0.6 is 0 Å². The number of benzene rings is 1. The molecule has 1 heterocycles. The number of hydrogen-bond acceptors (Lipinski definition) is 4. The molecule has 0 aliphatic rings. The molecule has 0 saturated heterocycles. The maximum absolute atomic E-state index is 14.0. The fourth-order valence-corrected chi connectivity index (χ4v) is 2.47. The van der Waals surface area contributed by atoms with Gasteiger partial charge in [0, 0.05) is 24.2 Å². The zero-order valence-corrected chi connectivity index (χ0v) is 15.3. The highest BCUT2D eigenvalue weighted by Gasteiger charge is 2.19. The highest BCUT2D eigenvalue weighted by molar-refractivity contribution is 5.92. The fraction of sp³-hybridized carbons (Fsp3) is 0.474. The summed E-state index contributed by atoms with van der Waals surface area (Å²) in [5.74, 6) is -0.0278. The Morgan fingerprint density at radius 3 is 2.64 bits per heavy atom. The van der Waals surface area contributed by atoms with Gasteiger partial charge in [0.25, 0.3) is 5.91 Å². The highest BCUT2D eigenvalue weighted by Crippen LogP contribution is 2.17. The third kappa shape index (κ3) is 5.39. The minimum absolute atomic E-state index is 0.0327. The molecule has 0 saturated carbocycles. The standard InChI is InChI=1S/C19H26FN3O2/c1-5-14(4)23(10-15-8-6-7-9-16(15)20)11-18-22-17(12-25-18)19(24)21-13(2)3/h6-9,12-14H,5,10-11H2,1-4H3,(H,21,24). The lowest BCUT2D eigenvalue weighted by molar-refractivity contribution is 0.0938. The summed E-state index contributed by atoms with van der Waals surface area (Å²) in [6.07, 6.45) is 2.28. The van der Waals surface area contributed by atoms with Crippen LogP contribution in [-0.4, -0.2) is 27.9 Å². The fourth-order valence-electron chi connectivity index (χ4n) is 2.47. The summed E-state index contributed by atoms with van der Waals surface area (Å²) in [5.41, 5.74) is 0.894. The molecule has 1 aromatic carbocycles. The molecule has 1 aromatic heterocycles. The van der Waals surface area contributed by atoms with Crippen LogP contribution in [-0.2, 0) is 13.1 Å². The van der Waals surface area contributed by atoms with Crippen molar-refractivity contribution in [3.8, 4) is 0 Å². The van der Waals surface area contributed by atoms with Gasteiger partial charge in [0.05, 0.1) is 6.54 Å². The van der Waals surface area contributed by atoms with Crippen LogP contribution in [0.25, 0.3) is 0 Å². The number of aromatic nitrogens is 1. The molecule has 2 aromatic rings. The third-order valence-corrected chi connectivity index (χ3v) is 4.09. The minimum Gasteiger partial charge on any atom is -0.447 e. The van der Waals surface area contributed by atoms with Crippen LogP contribution in [0, 0.1) is 5.82 Å². The summed E-state index contributed by atoms with van der Waals surface area (Å²) in [5, 5.41) is 2.78. The van der Waals surface area contributed by atoms with Gasteiger partial charge >= 0.3 is 0 Å². The van der Waals surface area contributed by atoms with Crippen molar-refractivity contribution < 1.29 is 13.6 Å². The van der Waals surface area contributed by atoms with Gasteiger partial charge in [0.2, 0.25) is 5.89 Å². The Kier molecular flexibility index (Phi) is 6.70. The Labute approximate surface area is 148 Å². The molecule has 0 fully saturated rings. The maximum Gasteiger partial charge on any atom is 0.273 e. The Morgan fingerprint density at radius 2 is 2.00 bits per heavy atom. The van der Waals surface area contributed by atoms with Crippen LogP contribution in [0.1, 0.15) is 56.1 Å². The number of nitrogens with zero attached hydrogens (tertiary/aromatic N) is 2. The van der Waals surface area contributed by atoms with E-state index in [1.165, 1.54) is 12.3 Å². The number of rotatable bonds is 8. The summed E-state index contributed by atoms with van der Waals surface area (Å²) >= 11 is 0. The largest absolute Gasteiger partial charge is 0.447 e. The number of nitrogens with one attached hydrogen (secondary N) is 1. The van der Waals surface area contributed by atoms with Gasteiger partial charge in [-0.05, 0) is 33.3 Å². The highest BCUT2D eigenvalue weighted by atomic mass is 19.1. The quantitative estimate of drug-likeness (QED) is 0.790. The molecular formula is C19H26FN3O2. The molecule has 0 aliphatic heterocycles. The van der Waals surface area contributed by atoms with Crippen LogP contribution in [0.5, 0.6) is 0 Å². The number of carbonyl (C=O) groups is 1. The first-order valence-electron chi connectivity index (χ1n) is 8.63. The molecular weight excluding hydrogens is 321 g/mol. The number of hydrogen-bond donors (Lipinski definition) is 1. The first-order chi connectivity index (χ1) is 11.9. The lowest BCUT2D eigenvalue weighted by Crippen LogP contribution is -2.32. The van der Waals surface area contributed by atoms with E-state index in [9.17, 15) is 9.18 Å². The van der Waals surface area contributed by atoms with Gasteiger partial charge in [0.15, 0.2) is 5.69 Å². The van der Waals surface area contributed by atoms with Crippen molar-refractivity contribution in [3.05, 3.63) is 53.5 Å². The van der Waals surface area contributed by atoms with Gasteiger partial charge < -0.3 is 9.73 Å². The van der Waals surface area contributed by atoms with Crippen LogP contribution < -0.4 is 5.32 Å². The van der Waals surface area contributed by atoms with E-state index in [4.69, 9.17) is 4.42 Å². The van der Waals surface area contributed by atoms with Gasteiger partial charge in [-0.15, -0.1) is 0 Å². The lowest BCUT2D eigenvalue weighted by atomic mass is 10.1. The van der Waals surface area contributed by atoms with E-state index in [0.29, 0.717) is 24.5 Å². The van der Waals surface area contributed by atoms with Crippen LogP contribution in [0.3, 0.4) is 0 Å². The van der Waals surface area contributed by atoms with E-state index < -0.39 is 0 Å². The van der Waals surface area contributed by atoms with Crippen LogP contribution in [0.2, 0.25) is 0 Å². The molecule has 0 bridgehead atoms. The zero-order chi connectivity index (χ0) is 18.4. The summed E-state index contributed by atoms with van der Waals surface area (Å²) < 4.78 is 19.4. The van der Waals surface area contributed by atoms with E-state index in [1.807, 2.05) is 19.9 Å². The molecule has 1 amide bonds. The average Bonchev–Trinajstić information content (AvgIpc) is 3.03. The second kappa shape index (κ2) is 8.76. The average molecular weight is 347 g/mol. The van der Waals surface area contributed by atoms with Gasteiger partial charge in [-0.1, -0.05) is 25.1 Å². The zero-order valence-electron chi connectivity index (χ0n) is 15.3. The van der Waals surface area contributed by atoms with Crippen LogP contribution in [0.15, 0.2) is 34.9 Å². The van der Waals surface area contributed by atoms with Crippen molar-refractivity contribution in [2.24, 2.45) is 0 Å². The molecule has 1 atom stereocenters. The Morgan fingerprint density at radius 1 is 1.28 bits per heavy atom. The Bertz CT molecular complexity index is 699. The molecule has 1 N–H and O–H groups in total. The van der Waals surface area contributed by atoms with E-state index in [-0.39, 0.29) is 29.5 Å². The first-order valence-corrected chi connectivity index (χ1v) is 8.63. The van der Waals surface area contributed by atoms with Crippen molar-refractivity contribution in [1.29, 1.82) is 0 Å². The molecule has 0 aliphatic carbocycles. The number of oxazole rings is 1. The van der Waals surface area contributed by atoms with E-state index in [0.717, 1.165) is 6.42 Å². The van der Waals surface area contributed by atoms with Gasteiger partial charge in [0.1, 0.15) is 12.1 Å². The molecule has 5 nitrogen and oxygen atoms in total. The molecule has 136 valence electrons. The summed E-state index contributed by atoms with van der Waals surface area (Å²) in [6, 6.07) is 7.00. The minimum atomic E-state index is -0.255. The topological polar surface area (TPSA) is 58.4 Å². The molecule has 1 unspecified atom stereocenters. The third-order valence-electron chi connectivity index (χ3n) is 4.09. The van der Waals surface area contributed by atoms with Crippen molar-refractivity contribution in [3.63, 3.8) is 0 Å². The van der Waals surface area contributed by atoms with Crippen LogP contribution in [0.4, 0.5) is 4.39 Å². The SMILES string of the molecule is CCC(C)N(Cc1nc(C(=O)NC(C)C)co1)Cc1ccccc1F. The monoisotopic (exact) mass is 347 g/mol. The summed E-state index contributed by atoms with van der Waals surface area (Å²) in [4.78, 5) is 18.3. The van der Waals surface area contributed by atoms with Gasteiger partial charge in [-0.25, -0.2) is 9.37 Å². The Hall–Kier alpha value is -2.21. The number of carbonyl (C=O) groups excluding carboxylic acids is 1. The summed E-state index contributed by atoms with van der Waals surface area (Å²) in [6.45, 7) is 8.80. The number of amides is 1. The molecule has 0 spiro atoms.